The third-order valence-corrected chi connectivity index (χ3v) is 4.20. The first kappa shape index (κ1) is 12.3. The molecule has 3 nitrogen and oxygen atoms in total. The van der Waals surface area contributed by atoms with Gasteiger partial charge in [0.2, 0.25) is 0 Å². The maximum Gasteiger partial charge on any atom is 0.0250 e. The van der Waals surface area contributed by atoms with Crippen LogP contribution in [0.4, 0.5) is 0 Å². The third kappa shape index (κ3) is 2.96. The first-order valence-electron chi connectivity index (χ1n) is 6.97. The van der Waals surface area contributed by atoms with Crippen LogP contribution in [-0.2, 0) is 0 Å². The highest BCUT2D eigenvalue weighted by molar-refractivity contribution is 4.89. The van der Waals surface area contributed by atoms with E-state index in [0.29, 0.717) is 0 Å². The maximum absolute atomic E-state index is 3.69. The van der Waals surface area contributed by atoms with Gasteiger partial charge in [0.1, 0.15) is 0 Å². The zero-order chi connectivity index (χ0) is 11.4. The van der Waals surface area contributed by atoms with Crippen molar-refractivity contribution in [2.24, 2.45) is 0 Å². The first-order valence-corrected chi connectivity index (χ1v) is 6.97. The SMILES string of the molecule is CCNC1CCCCC1N1CCN(C)CC1. The monoisotopic (exact) mass is 225 g/mol. The average molecular weight is 225 g/mol. The number of hydrogen-bond acceptors (Lipinski definition) is 3. The molecule has 2 fully saturated rings. The Morgan fingerprint density at radius 3 is 2.44 bits per heavy atom. The van der Waals surface area contributed by atoms with E-state index in [9.17, 15) is 0 Å². The van der Waals surface area contributed by atoms with Crippen molar-refractivity contribution in [3.05, 3.63) is 0 Å². The summed E-state index contributed by atoms with van der Waals surface area (Å²) in [6, 6.07) is 1.56. The minimum Gasteiger partial charge on any atom is -0.313 e. The van der Waals surface area contributed by atoms with Gasteiger partial charge in [0.15, 0.2) is 0 Å². The minimum absolute atomic E-state index is 0.752. The molecule has 0 radical (unpaired) electrons. The third-order valence-electron chi connectivity index (χ3n) is 4.20. The molecule has 0 bridgehead atoms. The summed E-state index contributed by atoms with van der Waals surface area (Å²) in [4.78, 5) is 5.17. The Morgan fingerprint density at radius 1 is 1.06 bits per heavy atom. The number of rotatable bonds is 3. The van der Waals surface area contributed by atoms with Crippen molar-refractivity contribution in [2.75, 3.05) is 39.8 Å². The smallest absolute Gasteiger partial charge is 0.0250 e. The Hall–Kier alpha value is -0.120. The zero-order valence-electron chi connectivity index (χ0n) is 10.9. The van der Waals surface area contributed by atoms with Crippen LogP contribution in [0.15, 0.2) is 0 Å². The van der Waals surface area contributed by atoms with Crippen LogP contribution in [0.2, 0.25) is 0 Å². The molecule has 0 aromatic rings. The van der Waals surface area contributed by atoms with Crippen molar-refractivity contribution in [3.63, 3.8) is 0 Å². The predicted octanol–water partition coefficient (Wildman–Crippen LogP) is 1.15. The largest absolute Gasteiger partial charge is 0.313 e. The Balaban J connectivity index is 1.89. The fourth-order valence-corrected chi connectivity index (χ4v) is 3.20. The van der Waals surface area contributed by atoms with E-state index in [1.165, 1.54) is 51.9 Å². The summed E-state index contributed by atoms with van der Waals surface area (Å²) in [5, 5.41) is 3.69. The molecule has 2 unspecified atom stereocenters. The molecule has 1 saturated heterocycles. The molecule has 0 spiro atoms. The van der Waals surface area contributed by atoms with E-state index < -0.39 is 0 Å². The summed E-state index contributed by atoms with van der Waals surface area (Å²) < 4.78 is 0. The first-order chi connectivity index (χ1) is 7.81. The fraction of sp³-hybridized carbons (Fsp3) is 1.00. The van der Waals surface area contributed by atoms with Crippen LogP contribution in [0, 0.1) is 0 Å². The van der Waals surface area contributed by atoms with Gasteiger partial charge in [-0.2, -0.15) is 0 Å². The quantitative estimate of drug-likeness (QED) is 0.777. The Bertz CT molecular complexity index is 197. The Morgan fingerprint density at radius 2 is 1.75 bits per heavy atom. The number of hydrogen-bond donors (Lipinski definition) is 1. The van der Waals surface area contributed by atoms with Gasteiger partial charge < -0.3 is 10.2 Å². The Labute approximate surface area is 100 Å². The lowest BCUT2D eigenvalue weighted by Crippen LogP contribution is -2.57. The van der Waals surface area contributed by atoms with E-state index >= 15 is 0 Å². The lowest BCUT2D eigenvalue weighted by atomic mass is 9.88. The van der Waals surface area contributed by atoms with E-state index in [4.69, 9.17) is 0 Å². The Kier molecular flexibility index (Phi) is 4.62. The summed E-state index contributed by atoms with van der Waals surface area (Å²) in [7, 11) is 2.24. The summed E-state index contributed by atoms with van der Waals surface area (Å²) in [6.07, 6.45) is 5.63. The molecule has 0 aromatic heterocycles. The van der Waals surface area contributed by atoms with Crippen molar-refractivity contribution in [2.45, 2.75) is 44.7 Å². The molecule has 94 valence electrons. The lowest BCUT2D eigenvalue weighted by Gasteiger charge is -2.43. The van der Waals surface area contributed by atoms with E-state index in [0.717, 1.165) is 18.6 Å². The average Bonchev–Trinajstić information content (AvgIpc) is 2.32. The molecule has 1 heterocycles. The molecule has 1 aliphatic carbocycles. The van der Waals surface area contributed by atoms with Gasteiger partial charge in [0.05, 0.1) is 0 Å². The summed E-state index contributed by atoms with van der Waals surface area (Å²) >= 11 is 0. The van der Waals surface area contributed by atoms with Crippen LogP contribution >= 0.6 is 0 Å². The zero-order valence-corrected chi connectivity index (χ0v) is 10.9. The number of nitrogens with zero attached hydrogens (tertiary/aromatic N) is 2. The highest BCUT2D eigenvalue weighted by Gasteiger charge is 2.30. The van der Waals surface area contributed by atoms with Crippen molar-refractivity contribution in [1.82, 2.24) is 15.1 Å². The van der Waals surface area contributed by atoms with Crippen molar-refractivity contribution < 1.29 is 0 Å². The van der Waals surface area contributed by atoms with Crippen molar-refractivity contribution >= 4 is 0 Å². The van der Waals surface area contributed by atoms with Crippen LogP contribution < -0.4 is 5.32 Å². The molecule has 2 rings (SSSR count). The van der Waals surface area contributed by atoms with Gasteiger partial charge in [-0.15, -0.1) is 0 Å². The molecule has 1 aliphatic heterocycles. The van der Waals surface area contributed by atoms with E-state index in [1.807, 2.05) is 0 Å². The molecular weight excluding hydrogens is 198 g/mol. The molecule has 2 aliphatic rings. The molecule has 3 heteroatoms. The molecule has 0 aromatic carbocycles. The second kappa shape index (κ2) is 5.99. The topological polar surface area (TPSA) is 18.5 Å². The molecule has 1 N–H and O–H groups in total. The van der Waals surface area contributed by atoms with E-state index in [-0.39, 0.29) is 0 Å². The second-order valence-electron chi connectivity index (χ2n) is 5.36. The highest BCUT2D eigenvalue weighted by Crippen LogP contribution is 2.24. The minimum atomic E-state index is 0.752. The number of likely N-dealkylation sites (N-methyl/N-ethyl adjacent to an activating group) is 2. The lowest BCUT2D eigenvalue weighted by molar-refractivity contribution is 0.0715. The molecule has 0 amide bonds. The van der Waals surface area contributed by atoms with E-state index in [1.54, 1.807) is 0 Å². The van der Waals surface area contributed by atoms with Gasteiger partial charge in [0, 0.05) is 38.3 Å². The van der Waals surface area contributed by atoms with Crippen LogP contribution in [0.25, 0.3) is 0 Å². The molecule has 2 atom stereocenters. The van der Waals surface area contributed by atoms with Gasteiger partial charge in [-0.1, -0.05) is 19.8 Å². The fourth-order valence-electron chi connectivity index (χ4n) is 3.20. The number of nitrogens with one attached hydrogen (secondary N) is 1. The van der Waals surface area contributed by atoms with Crippen molar-refractivity contribution in [1.29, 1.82) is 0 Å². The summed E-state index contributed by atoms with van der Waals surface area (Å²) in [6.45, 7) is 8.38. The molecular formula is C13H27N3. The van der Waals surface area contributed by atoms with Gasteiger partial charge >= 0.3 is 0 Å². The second-order valence-corrected chi connectivity index (χ2v) is 5.36. The standard InChI is InChI=1S/C13H27N3/c1-3-14-12-6-4-5-7-13(12)16-10-8-15(2)9-11-16/h12-14H,3-11H2,1-2H3. The molecule has 1 saturated carbocycles. The number of piperazine rings is 1. The van der Waals surface area contributed by atoms with Gasteiger partial charge in [-0.05, 0) is 26.4 Å². The van der Waals surface area contributed by atoms with Gasteiger partial charge in [-0.3, -0.25) is 4.90 Å². The highest BCUT2D eigenvalue weighted by atomic mass is 15.3. The molecule has 16 heavy (non-hydrogen) atoms. The van der Waals surface area contributed by atoms with Gasteiger partial charge in [0.25, 0.3) is 0 Å². The predicted molar refractivity (Wildman–Crippen MR) is 68.8 cm³/mol. The van der Waals surface area contributed by atoms with Crippen LogP contribution in [0.1, 0.15) is 32.6 Å². The normalized spacial score (nSPS) is 34.1. The summed E-state index contributed by atoms with van der Waals surface area (Å²) in [5.74, 6) is 0. The maximum atomic E-state index is 3.69. The summed E-state index contributed by atoms with van der Waals surface area (Å²) in [5.41, 5.74) is 0. The van der Waals surface area contributed by atoms with Crippen LogP contribution in [0.3, 0.4) is 0 Å². The van der Waals surface area contributed by atoms with E-state index in [2.05, 4.69) is 29.1 Å². The van der Waals surface area contributed by atoms with Gasteiger partial charge in [-0.25, -0.2) is 0 Å². The van der Waals surface area contributed by atoms with Crippen LogP contribution in [0.5, 0.6) is 0 Å². The van der Waals surface area contributed by atoms with Crippen LogP contribution in [-0.4, -0.2) is 61.7 Å². The van der Waals surface area contributed by atoms with Crippen molar-refractivity contribution in [3.8, 4) is 0 Å².